The maximum absolute atomic E-state index is 12.8. The van der Waals surface area contributed by atoms with Gasteiger partial charge in [0, 0.05) is 18.1 Å². The normalized spacial score (nSPS) is 12.0. The first-order valence-electron chi connectivity index (χ1n) is 8.70. The van der Waals surface area contributed by atoms with Gasteiger partial charge in [0.1, 0.15) is 6.04 Å². The van der Waals surface area contributed by atoms with Crippen LogP contribution < -0.4 is 5.32 Å². The van der Waals surface area contributed by atoms with Crippen LogP contribution in [0.15, 0.2) is 60.2 Å². The third kappa shape index (κ3) is 3.80. The van der Waals surface area contributed by atoms with E-state index in [1.54, 1.807) is 22.1 Å². The molecule has 1 amide bonds. The minimum atomic E-state index is -0.507. The van der Waals surface area contributed by atoms with E-state index in [1.165, 1.54) is 0 Å². The highest BCUT2D eigenvalue weighted by Crippen LogP contribution is 2.26. The molecule has 2 N–H and O–H groups in total. The number of carbonyl (C=O) groups is 1. The molecule has 0 spiro atoms. The van der Waals surface area contributed by atoms with Gasteiger partial charge in [-0.25, -0.2) is 0 Å². The van der Waals surface area contributed by atoms with E-state index < -0.39 is 6.04 Å². The third-order valence-electron chi connectivity index (χ3n) is 4.34. The lowest BCUT2D eigenvalue weighted by atomic mass is 10.2. The number of aromatic nitrogens is 5. The Labute approximate surface area is 170 Å². The zero-order valence-electron chi connectivity index (χ0n) is 15.1. The van der Waals surface area contributed by atoms with Crippen LogP contribution in [0.5, 0.6) is 0 Å². The average Bonchev–Trinajstić information content (AvgIpc) is 3.44. The molecule has 0 saturated carbocycles. The fourth-order valence-corrected chi connectivity index (χ4v) is 3.88. The largest absolute Gasteiger partial charge is 0.324 e. The van der Waals surface area contributed by atoms with Crippen molar-refractivity contribution in [2.24, 2.45) is 0 Å². The van der Waals surface area contributed by atoms with Crippen molar-refractivity contribution in [2.45, 2.75) is 19.5 Å². The molecule has 1 aromatic carbocycles. The Bertz CT molecular complexity index is 1110. The van der Waals surface area contributed by atoms with E-state index in [4.69, 9.17) is 12.2 Å². The van der Waals surface area contributed by atoms with Gasteiger partial charge in [0.2, 0.25) is 5.91 Å². The summed E-state index contributed by atoms with van der Waals surface area (Å²) in [5.41, 5.74) is 1.83. The number of hydrogen-bond acceptors (Lipinski definition) is 5. The molecule has 3 aromatic heterocycles. The lowest BCUT2D eigenvalue weighted by molar-refractivity contribution is -0.118. The second-order valence-electron chi connectivity index (χ2n) is 6.27. The Balaban J connectivity index is 1.48. The molecule has 1 unspecified atom stereocenters. The predicted octanol–water partition coefficient (Wildman–Crippen LogP) is 4.11. The van der Waals surface area contributed by atoms with Gasteiger partial charge < -0.3 is 5.32 Å². The number of aromatic amines is 1. The average molecular weight is 411 g/mol. The van der Waals surface area contributed by atoms with Gasteiger partial charge in [0.15, 0.2) is 10.6 Å². The van der Waals surface area contributed by atoms with E-state index in [0.29, 0.717) is 17.1 Å². The maximum Gasteiger partial charge on any atom is 0.247 e. The van der Waals surface area contributed by atoms with Crippen molar-refractivity contribution in [3.8, 4) is 10.7 Å². The second kappa shape index (κ2) is 7.91. The molecule has 0 bridgehead atoms. The molecule has 0 aliphatic rings. The van der Waals surface area contributed by atoms with Crippen molar-refractivity contribution < 1.29 is 4.79 Å². The smallest absolute Gasteiger partial charge is 0.247 e. The van der Waals surface area contributed by atoms with Crippen molar-refractivity contribution in [3.63, 3.8) is 0 Å². The number of thiophene rings is 1. The van der Waals surface area contributed by atoms with Crippen LogP contribution >= 0.6 is 23.6 Å². The molecule has 1 atom stereocenters. The Morgan fingerprint density at radius 1 is 1.29 bits per heavy atom. The van der Waals surface area contributed by atoms with Gasteiger partial charge in [0.05, 0.1) is 11.4 Å². The number of rotatable bonds is 6. The quantitative estimate of drug-likeness (QED) is 0.469. The number of anilines is 1. The fraction of sp³-hybridized carbons (Fsp3) is 0.158. The molecule has 9 heteroatoms. The predicted molar refractivity (Wildman–Crippen MR) is 112 cm³/mol. The van der Waals surface area contributed by atoms with Gasteiger partial charge in [0.25, 0.3) is 0 Å². The molecule has 3 heterocycles. The van der Waals surface area contributed by atoms with Crippen LogP contribution in [0.1, 0.15) is 18.5 Å². The van der Waals surface area contributed by atoms with Crippen LogP contribution in [0, 0.1) is 4.77 Å². The first-order chi connectivity index (χ1) is 13.6. The number of carbonyl (C=O) groups excluding carboxylic acids is 1. The summed E-state index contributed by atoms with van der Waals surface area (Å²) in [4.78, 5) is 13.7. The summed E-state index contributed by atoms with van der Waals surface area (Å²) in [7, 11) is 0. The summed E-state index contributed by atoms with van der Waals surface area (Å²) in [5.74, 6) is 0.507. The molecular formula is C19H18N6OS2. The lowest BCUT2D eigenvalue weighted by Crippen LogP contribution is -2.24. The number of hydrogen-bond donors (Lipinski definition) is 2. The Hall–Kier alpha value is -3.04. The van der Waals surface area contributed by atoms with Crippen LogP contribution in [0.4, 0.5) is 5.69 Å². The van der Waals surface area contributed by atoms with Crippen LogP contribution in [0.2, 0.25) is 0 Å². The third-order valence-corrected chi connectivity index (χ3v) is 5.49. The van der Waals surface area contributed by atoms with Crippen LogP contribution in [0.25, 0.3) is 10.7 Å². The standard InChI is InChI=1S/C19H18N6OS2/c1-13(25-17(22-23-19(25)27)16-4-2-11-28-16)18(26)21-15-7-5-14(6-8-15)12-24-10-3-9-20-24/h2-11,13H,12H2,1H3,(H,21,26)(H,23,27). The minimum Gasteiger partial charge on any atom is -0.324 e. The molecule has 0 aliphatic heterocycles. The highest BCUT2D eigenvalue weighted by Gasteiger charge is 2.21. The number of nitrogens with one attached hydrogen (secondary N) is 2. The number of H-pyrrole nitrogens is 1. The molecule has 0 radical (unpaired) electrons. The number of benzene rings is 1. The van der Waals surface area contributed by atoms with Gasteiger partial charge in [-0.05, 0) is 54.4 Å². The first-order valence-corrected chi connectivity index (χ1v) is 9.98. The Kier molecular flexibility index (Phi) is 5.18. The van der Waals surface area contributed by atoms with E-state index in [9.17, 15) is 4.79 Å². The number of amides is 1. The van der Waals surface area contributed by atoms with Crippen molar-refractivity contribution in [3.05, 3.63) is 70.6 Å². The lowest BCUT2D eigenvalue weighted by Gasteiger charge is -2.15. The van der Waals surface area contributed by atoms with E-state index in [-0.39, 0.29) is 5.91 Å². The van der Waals surface area contributed by atoms with Crippen molar-refractivity contribution in [1.82, 2.24) is 24.5 Å². The van der Waals surface area contributed by atoms with Crippen molar-refractivity contribution in [1.29, 1.82) is 0 Å². The molecule has 28 heavy (non-hydrogen) atoms. The summed E-state index contributed by atoms with van der Waals surface area (Å²) in [6.07, 6.45) is 3.67. The summed E-state index contributed by atoms with van der Waals surface area (Å²) in [6.45, 7) is 2.50. The number of nitrogens with zero attached hydrogens (tertiary/aromatic N) is 4. The van der Waals surface area contributed by atoms with Gasteiger partial charge >= 0.3 is 0 Å². The molecule has 0 aliphatic carbocycles. The van der Waals surface area contributed by atoms with Gasteiger partial charge in [-0.15, -0.1) is 11.3 Å². The molecule has 142 valence electrons. The zero-order valence-corrected chi connectivity index (χ0v) is 16.7. The second-order valence-corrected chi connectivity index (χ2v) is 7.60. The van der Waals surface area contributed by atoms with E-state index in [2.05, 4.69) is 20.6 Å². The summed E-state index contributed by atoms with van der Waals surface area (Å²) < 4.78 is 4.01. The summed E-state index contributed by atoms with van der Waals surface area (Å²) in [5, 5.41) is 16.2. The van der Waals surface area contributed by atoms with Gasteiger partial charge in [-0.3, -0.25) is 19.1 Å². The molecule has 4 aromatic rings. The van der Waals surface area contributed by atoms with Crippen LogP contribution in [-0.2, 0) is 11.3 Å². The van der Waals surface area contributed by atoms with Crippen molar-refractivity contribution in [2.75, 3.05) is 5.32 Å². The van der Waals surface area contributed by atoms with Gasteiger partial charge in [-0.2, -0.15) is 10.2 Å². The SMILES string of the molecule is CC(C(=O)Nc1ccc(Cn2cccn2)cc1)n1c(-c2cccs2)n[nH]c1=S. The van der Waals surface area contributed by atoms with Crippen LogP contribution in [-0.4, -0.2) is 30.5 Å². The molecule has 0 saturated heterocycles. The Morgan fingerprint density at radius 3 is 2.79 bits per heavy atom. The summed E-state index contributed by atoms with van der Waals surface area (Å²) in [6, 6.07) is 13.0. The maximum atomic E-state index is 12.8. The first kappa shape index (κ1) is 18.3. The van der Waals surface area contributed by atoms with E-state index in [0.717, 1.165) is 16.1 Å². The molecule has 7 nitrogen and oxygen atoms in total. The van der Waals surface area contributed by atoms with Gasteiger partial charge in [-0.1, -0.05) is 18.2 Å². The Morgan fingerprint density at radius 2 is 2.11 bits per heavy atom. The van der Waals surface area contributed by atoms with E-state index >= 15 is 0 Å². The molecular weight excluding hydrogens is 392 g/mol. The zero-order chi connectivity index (χ0) is 19.5. The highest BCUT2D eigenvalue weighted by molar-refractivity contribution is 7.71. The molecule has 0 fully saturated rings. The molecule has 4 rings (SSSR count). The highest BCUT2D eigenvalue weighted by atomic mass is 32.1. The topological polar surface area (TPSA) is 80.5 Å². The minimum absolute atomic E-state index is 0.157. The van der Waals surface area contributed by atoms with Crippen LogP contribution in [0.3, 0.4) is 0 Å². The van der Waals surface area contributed by atoms with Crippen molar-refractivity contribution >= 4 is 35.1 Å². The van der Waals surface area contributed by atoms with E-state index in [1.807, 2.05) is 65.6 Å². The monoisotopic (exact) mass is 410 g/mol. The summed E-state index contributed by atoms with van der Waals surface area (Å²) >= 11 is 6.89. The fourth-order valence-electron chi connectivity index (χ4n) is 2.88.